The number of esters is 1. The zero-order valence-corrected chi connectivity index (χ0v) is 16.5. The van der Waals surface area contributed by atoms with Crippen LogP contribution in [0.25, 0.3) is 5.65 Å². The van der Waals surface area contributed by atoms with Gasteiger partial charge in [0.05, 0.1) is 22.9 Å². The number of amides is 1. The summed E-state index contributed by atoms with van der Waals surface area (Å²) in [6.07, 6.45) is 1.85. The topological polar surface area (TPSA) is 81.9 Å². The summed E-state index contributed by atoms with van der Waals surface area (Å²) in [5.41, 5.74) is 0.529. The van der Waals surface area contributed by atoms with E-state index in [4.69, 9.17) is 21.1 Å². The van der Waals surface area contributed by atoms with Crippen molar-refractivity contribution in [2.24, 2.45) is 0 Å². The summed E-state index contributed by atoms with van der Waals surface area (Å²) in [5, 5.41) is 2.84. The molecular formula is C20H16ClF2N3O4. The van der Waals surface area contributed by atoms with E-state index in [0.29, 0.717) is 12.1 Å². The molecule has 1 aliphatic heterocycles. The number of cyclic esters (lactones) is 1. The number of rotatable bonds is 5. The zero-order valence-electron chi connectivity index (χ0n) is 15.7. The highest BCUT2D eigenvalue weighted by atomic mass is 35.5. The van der Waals surface area contributed by atoms with E-state index in [-0.39, 0.29) is 34.3 Å². The van der Waals surface area contributed by atoms with Crippen LogP contribution in [0.2, 0.25) is 5.02 Å². The van der Waals surface area contributed by atoms with Gasteiger partial charge in [0.15, 0.2) is 11.4 Å². The van der Waals surface area contributed by atoms with Gasteiger partial charge < -0.3 is 14.8 Å². The Morgan fingerprint density at radius 2 is 2.13 bits per heavy atom. The van der Waals surface area contributed by atoms with Gasteiger partial charge in [-0.15, -0.1) is 0 Å². The Hall–Kier alpha value is -3.20. The standard InChI is InChI=1S/C20H16ClF2N3O4/c1-10-17(19(27)25-15-5-6-29-20(15)28)26-8-11(21)7-16(18(26)24-10)30-9-12-13(22)3-2-4-14(12)23/h2-4,7-8,15H,5-6,9H2,1H3,(H,25,27)/t15-/m1/s1. The summed E-state index contributed by atoms with van der Waals surface area (Å²) in [6.45, 7) is 1.46. The Morgan fingerprint density at radius 3 is 2.80 bits per heavy atom. The summed E-state index contributed by atoms with van der Waals surface area (Å²) < 4.78 is 39.6. The van der Waals surface area contributed by atoms with E-state index in [0.717, 1.165) is 12.1 Å². The lowest BCUT2D eigenvalue weighted by molar-refractivity contribution is -0.139. The first-order chi connectivity index (χ1) is 14.3. The highest BCUT2D eigenvalue weighted by Crippen LogP contribution is 2.28. The minimum Gasteiger partial charge on any atom is -0.485 e. The molecule has 156 valence electrons. The van der Waals surface area contributed by atoms with Crippen LogP contribution < -0.4 is 10.1 Å². The van der Waals surface area contributed by atoms with Crippen molar-refractivity contribution in [3.05, 3.63) is 64.1 Å². The van der Waals surface area contributed by atoms with E-state index >= 15 is 0 Å². The number of nitrogens with one attached hydrogen (secondary N) is 1. The molecule has 3 heterocycles. The lowest BCUT2D eigenvalue weighted by Gasteiger charge is -2.11. The molecule has 1 fully saturated rings. The van der Waals surface area contributed by atoms with Gasteiger partial charge in [0, 0.05) is 18.7 Å². The molecule has 2 aromatic heterocycles. The molecule has 1 N–H and O–H groups in total. The molecule has 0 bridgehead atoms. The number of benzene rings is 1. The minimum absolute atomic E-state index is 0.146. The van der Waals surface area contributed by atoms with Crippen molar-refractivity contribution in [1.82, 2.24) is 14.7 Å². The predicted octanol–water partition coefficient (Wildman–Crippen LogP) is 3.20. The molecule has 1 amide bonds. The molecule has 0 aliphatic carbocycles. The van der Waals surface area contributed by atoms with Gasteiger partial charge in [-0.05, 0) is 19.1 Å². The van der Waals surface area contributed by atoms with Gasteiger partial charge in [-0.1, -0.05) is 17.7 Å². The number of hydrogen-bond donors (Lipinski definition) is 1. The van der Waals surface area contributed by atoms with Gasteiger partial charge in [-0.25, -0.2) is 18.6 Å². The summed E-state index contributed by atoms with van der Waals surface area (Å²) >= 11 is 6.16. The van der Waals surface area contributed by atoms with Crippen molar-refractivity contribution < 1.29 is 27.8 Å². The maximum Gasteiger partial charge on any atom is 0.328 e. The molecule has 1 atom stereocenters. The number of nitrogens with zero attached hydrogens (tertiary/aromatic N) is 2. The van der Waals surface area contributed by atoms with Crippen LogP contribution in [0.3, 0.4) is 0 Å². The number of carbonyl (C=O) groups is 2. The van der Waals surface area contributed by atoms with E-state index in [1.54, 1.807) is 6.92 Å². The van der Waals surface area contributed by atoms with Gasteiger partial charge in [0.2, 0.25) is 0 Å². The van der Waals surface area contributed by atoms with Crippen molar-refractivity contribution in [1.29, 1.82) is 0 Å². The van der Waals surface area contributed by atoms with Crippen LogP contribution in [-0.2, 0) is 16.1 Å². The first kappa shape index (κ1) is 20.1. The minimum atomic E-state index is -0.740. The van der Waals surface area contributed by atoms with Gasteiger partial charge >= 0.3 is 5.97 Å². The van der Waals surface area contributed by atoms with Gasteiger partial charge in [-0.3, -0.25) is 9.20 Å². The molecule has 0 unspecified atom stereocenters. The van der Waals surface area contributed by atoms with Crippen molar-refractivity contribution in [2.75, 3.05) is 6.61 Å². The Labute approximate surface area is 174 Å². The SMILES string of the molecule is Cc1nc2c(OCc3c(F)cccc3F)cc(Cl)cn2c1C(=O)N[C@@H]1CCOC1=O. The Morgan fingerprint density at radius 1 is 1.40 bits per heavy atom. The van der Waals surface area contributed by atoms with Crippen LogP contribution in [0, 0.1) is 18.6 Å². The predicted molar refractivity (Wildman–Crippen MR) is 102 cm³/mol. The highest BCUT2D eigenvalue weighted by Gasteiger charge is 2.30. The van der Waals surface area contributed by atoms with Crippen molar-refractivity contribution in [2.45, 2.75) is 26.0 Å². The Balaban J connectivity index is 1.66. The van der Waals surface area contributed by atoms with Crippen molar-refractivity contribution in [3.63, 3.8) is 0 Å². The number of imidazole rings is 1. The molecule has 7 nitrogen and oxygen atoms in total. The van der Waals surface area contributed by atoms with Crippen LogP contribution in [0.5, 0.6) is 5.75 Å². The first-order valence-electron chi connectivity index (χ1n) is 9.06. The number of halogens is 3. The summed E-state index contributed by atoms with van der Waals surface area (Å²) in [5.74, 6) is -2.36. The monoisotopic (exact) mass is 435 g/mol. The summed E-state index contributed by atoms with van der Waals surface area (Å²) in [6, 6.07) is 4.23. The van der Waals surface area contributed by atoms with Crippen LogP contribution in [0.1, 0.15) is 28.2 Å². The number of aromatic nitrogens is 2. The second kappa shape index (κ2) is 7.91. The maximum absolute atomic E-state index is 13.9. The van der Waals surface area contributed by atoms with Crippen LogP contribution in [0.4, 0.5) is 8.78 Å². The third-order valence-corrected chi connectivity index (χ3v) is 4.92. The Kier molecular flexibility index (Phi) is 5.29. The third kappa shape index (κ3) is 3.68. The highest BCUT2D eigenvalue weighted by molar-refractivity contribution is 6.30. The average Bonchev–Trinajstić information content (AvgIpc) is 3.23. The summed E-state index contributed by atoms with van der Waals surface area (Å²) in [4.78, 5) is 28.8. The number of hydrogen-bond acceptors (Lipinski definition) is 5. The average molecular weight is 436 g/mol. The van der Waals surface area contributed by atoms with Crippen LogP contribution >= 0.6 is 11.6 Å². The number of pyridine rings is 1. The smallest absolute Gasteiger partial charge is 0.328 e. The van der Waals surface area contributed by atoms with Crippen LogP contribution in [0.15, 0.2) is 30.5 Å². The lowest BCUT2D eigenvalue weighted by Crippen LogP contribution is -2.38. The third-order valence-electron chi connectivity index (χ3n) is 4.72. The fourth-order valence-corrected chi connectivity index (χ4v) is 3.45. The second-order valence-corrected chi connectivity index (χ2v) is 7.17. The molecule has 0 saturated carbocycles. The normalized spacial score (nSPS) is 16.0. The van der Waals surface area contributed by atoms with Gasteiger partial charge in [-0.2, -0.15) is 0 Å². The quantitative estimate of drug-likeness (QED) is 0.622. The molecule has 1 aromatic carbocycles. The molecule has 0 radical (unpaired) electrons. The maximum atomic E-state index is 13.9. The molecule has 0 spiro atoms. The number of fused-ring (bicyclic) bond motifs is 1. The second-order valence-electron chi connectivity index (χ2n) is 6.73. The fraction of sp³-hybridized carbons (Fsp3) is 0.250. The molecule has 10 heteroatoms. The Bertz CT molecular complexity index is 1140. The molecule has 4 rings (SSSR count). The van der Waals surface area contributed by atoms with Gasteiger partial charge in [0.25, 0.3) is 5.91 Å². The first-order valence-corrected chi connectivity index (χ1v) is 9.44. The van der Waals surface area contributed by atoms with Crippen molar-refractivity contribution >= 4 is 29.1 Å². The molecule has 1 saturated heterocycles. The van der Waals surface area contributed by atoms with E-state index in [2.05, 4.69) is 10.3 Å². The zero-order chi connectivity index (χ0) is 21.4. The molecule has 1 aliphatic rings. The number of aryl methyl sites for hydroxylation is 1. The fourth-order valence-electron chi connectivity index (χ4n) is 3.25. The molecule has 3 aromatic rings. The number of carbonyl (C=O) groups excluding carboxylic acids is 2. The van der Waals surface area contributed by atoms with Gasteiger partial charge in [0.1, 0.15) is 30.0 Å². The lowest BCUT2D eigenvalue weighted by atomic mass is 10.2. The molecular weight excluding hydrogens is 420 g/mol. The van der Waals surface area contributed by atoms with E-state index in [1.165, 1.54) is 22.7 Å². The van der Waals surface area contributed by atoms with Crippen molar-refractivity contribution in [3.8, 4) is 5.75 Å². The van der Waals surface area contributed by atoms with E-state index in [9.17, 15) is 18.4 Å². The summed E-state index contributed by atoms with van der Waals surface area (Å²) in [7, 11) is 0. The van der Waals surface area contributed by atoms with E-state index < -0.39 is 36.2 Å². The number of ether oxygens (including phenoxy) is 2. The van der Waals surface area contributed by atoms with E-state index in [1.807, 2.05) is 0 Å². The largest absolute Gasteiger partial charge is 0.485 e. The van der Waals surface area contributed by atoms with Crippen LogP contribution in [-0.4, -0.2) is 33.9 Å². The molecule has 30 heavy (non-hydrogen) atoms.